The van der Waals surface area contributed by atoms with Crippen LogP contribution >= 0.6 is 0 Å². The predicted molar refractivity (Wildman–Crippen MR) is 58.7 cm³/mol. The van der Waals surface area contributed by atoms with E-state index in [4.69, 9.17) is 4.74 Å². The summed E-state index contributed by atoms with van der Waals surface area (Å²) < 4.78 is 4.82. The summed E-state index contributed by atoms with van der Waals surface area (Å²) >= 11 is 0. The van der Waals surface area contributed by atoms with Crippen molar-refractivity contribution in [3.8, 4) is 0 Å². The Bertz CT molecular complexity index is 324. The minimum atomic E-state index is -0.286. The number of carbonyl (C=O) groups is 2. The number of allylic oxidation sites excluding steroid dienone is 1. The highest BCUT2D eigenvalue weighted by molar-refractivity contribution is 5.79. The third kappa shape index (κ3) is 2.43. The van der Waals surface area contributed by atoms with E-state index in [0.29, 0.717) is 37.7 Å². The van der Waals surface area contributed by atoms with Gasteiger partial charge in [-0.2, -0.15) is 0 Å². The Kier molecular flexibility index (Phi) is 3.27. The van der Waals surface area contributed by atoms with E-state index in [1.165, 1.54) is 0 Å². The fourth-order valence-corrected chi connectivity index (χ4v) is 2.18. The molecule has 16 heavy (non-hydrogen) atoms. The Morgan fingerprint density at radius 1 is 1.44 bits per heavy atom. The lowest BCUT2D eigenvalue weighted by Gasteiger charge is -2.25. The first kappa shape index (κ1) is 11.2. The van der Waals surface area contributed by atoms with Gasteiger partial charge < -0.3 is 4.74 Å². The number of amides is 1. The monoisotopic (exact) mass is 223 g/mol. The van der Waals surface area contributed by atoms with Crippen molar-refractivity contribution in [2.75, 3.05) is 13.2 Å². The molecule has 0 N–H and O–H groups in total. The molecule has 0 spiro atoms. The Balaban J connectivity index is 1.94. The van der Waals surface area contributed by atoms with Crippen molar-refractivity contribution < 1.29 is 14.3 Å². The fourth-order valence-electron chi connectivity index (χ4n) is 2.18. The molecule has 0 aromatic heterocycles. The second kappa shape index (κ2) is 4.68. The van der Waals surface area contributed by atoms with Gasteiger partial charge in [0.2, 0.25) is 0 Å². The molecule has 88 valence electrons. The molecule has 2 fully saturated rings. The van der Waals surface area contributed by atoms with Crippen LogP contribution in [0.25, 0.3) is 0 Å². The lowest BCUT2D eigenvalue weighted by atomic mass is 9.80. The quantitative estimate of drug-likeness (QED) is 0.719. The number of ketones is 1. The largest absolute Gasteiger partial charge is 0.447 e. The van der Waals surface area contributed by atoms with E-state index in [9.17, 15) is 9.59 Å². The van der Waals surface area contributed by atoms with Crippen LogP contribution in [-0.4, -0.2) is 29.9 Å². The molecule has 1 heterocycles. The second-order valence-corrected chi connectivity index (χ2v) is 4.57. The van der Waals surface area contributed by atoms with Crippen LogP contribution in [0.4, 0.5) is 4.79 Å². The summed E-state index contributed by atoms with van der Waals surface area (Å²) in [4.78, 5) is 24.1. The summed E-state index contributed by atoms with van der Waals surface area (Å²) in [5.74, 6) is 1.12. The fraction of sp³-hybridized carbons (Fsp3) is 0.667. The van der Waals surface area contributed by atoms with Gasteiger partial charge in [0, 0.05) is 19.0 Å². The Hall–Kier alpha value is -1.32. The Labute approximate surface area is 95.2 Å². The lowest BCUT2D eigenvalue weighted by molar-refractivity contribution is -0.121. The van der Waals surface area contributed by atoms with Gasteiger partial charge >= 0.3 is 6.09 Å². The summed E-state index contributed by atoms with van der Waals surface area (Å²) in [5.41, 5.74) is 0. The number of carbonyl (C=O) groups excluding carboxylic acids is 2. The predicted octanol–water partition coefficient (Wildman–Crippen LogP) is 1.96. The molecule has 1 amide bonds. The van der Waals surface area contributed by atoms with E-state index >= 15 is 0 Å². The van der Waals surface area contributed by atoms with Crippen molar-refractivity contribution in [3.63, 3.8) is 0 Å². The molecule has 2 rings (SSSR count). The van der Waals surface area contributed by atoms with E-state index < -0.39 is 0 Å². The van der Waals surface area contributed by atoms with Crippen LogP contribution in [-0.2, 0) is 9.53 Å². The van der Waals surface area contributed by atoms with E-state index in [2.05, 4.69) is 6.92 Å². The van der Waals surface area contributed by atoms with Crippen molar-refractivity contribution in [3.05, 3.63) is 12.3 Å². The molecule has 0 aromatic carbocycles. The summed E-state index contributed by atoms with van der Waals surface area (Å²) in [6.45, 7) is 3.23. The van der Waals surface area contributed by atoms with Crippen LogP contribution in [0.2, 0.25) is 0 Å². The number of hydrogen-bond acceptors (Lipinski definition) is 3. The molecule has 1 saturated heterocycles. The normalized spacial score (nSPS) is 31.2. The van der Waals surface area contributed by atoms with Gasteiger partial charge in [-0.25, -0.2) is 4.79 Å². The van der Waals surface area contributed by atoms with Gasteiger partial charge in [-0.15, -0.1) is 0 Å². The van der Waals surface area contributed by atoms with Gasteiger partial charge in [-0.3, -0.25) is 9.69 Å². The smallest absolute Gasteiger partial charge is 0.413 e. The number of Topliss-reactive ketones (excluding diaryl/α,β-unsaturated/α-hetero) is 1. The first-order valence-corrected chi connectivity index (χ1v) is 5.80. The molecule has 1 aliphatic heterocycles. The van der Waals surface area contributed by atoms with E-state index in [1.807, 2.05) is 6.08 Å². The summed E-state index contributed by atoms with van der Waals surface area (Å²) in [6.07, 6.45) is 5.74. The minimum absolute atomic E-state index is 0.273. The number of cyclic esters (lactones) is 1. The molecule has 0 aromatic rings. The zero-order valence-electron chi connectivity index (χ0n) is 9.52. The highest BCUT2D eigenvalue weighted by Crippen LogP contribution is 2.28. The zero-order chi connectivity index (χ0) is 11.5. The van der Waals surface area contributed by atoms with Crippen molar-refractivity contribution in [2.24, 2.45) is 11.8 Å². The molecule has 4 heteroatoms. The van der Waals surface area contributed by atoms with E-state index in [-0.39, 0.29) is 12.0 Å². The molecular weight excluding hydrogens is 206 g/mol. The maximum absolute atomic E-state index is 11.3. The van der Waals surface area contributed by atoms with Crippen LogP contribution in [0.15, 0.2) is 12.3 Å². The third-order valence-corrected chi connectivity index (χ3v) is 3.38. The molecule has 4 nitrogen and oxygen atoms in total. The third-order valence-electron chi connectivity index (χ3n) is 3.38. The number of nitrogens with zero attached hydrogens (tertiary/aromatic N) is 1. The molecular formula is C12H17NO3. The Morgan fingerprint density at radius 2 is 2.25 bits per heavy atom. The van der Waals surface area contributed by atoms with Crippen LogP contribution in [0.5, 0.6) is 0 Å². The first-order valence-electron chi connectivity index (χ1n) is 5.80. The van der Waals surface area contributed by atoms with Crippen LogP contribution in [0, 0.1) is 11.8 Å². The van der Waals surface area contributed by atoms with E-state index in [0.717, 1.165) is 6.42 Å². The van der Waals surface area contributed by atoms with Gasteiger partial charge in [0.15, 0.2) is 0 Å². The molecule has 0 bridgehead atoms. The van der Waals surface area contributed by atoms with Crippen molar-refractivity contribution in [1.82, 2.24) is 4.90 Å². The number of ether oxygens (including phenoxy) is 1. The van der Waals surface area contributed by atoms with Crippen LogP contribution < -0.4 is 0 Å². The first-order chi connectivity index (χ1) is 7.66. The molecule has 1 aliphatic carbocycles. The molecule has 2 aliphatic rings. The summed E-state index contributed by atoms with van der Waals surface area (Å²) in [5, 5.41) is 0. The Morgan fingerprint density at radius 3 is 2.94 bits per heavy atom. The van der Waals surface area contributed by atoms with Gasteiger partial charge in [-0.05, 0) is 18.3 Å². The highest BCUT2D eigenvalue weighted by atomic mass is 16.6. The van der Waals surface area contributed by atoms with Crippen LogP contribution in [0.3, 0.4) is 0 Å². The van der Waals surface area contributed by atoms with Crippen molar-refractivity contribution >= 4 is 11.9 Å². The lowest BCUT2D eigenvalue weighted by Crippen LogP contribution is -2.23. The SMILES string of the molecule is C[C@H]1CCC(=O)C[C@@H]1/C=C/N1CCOC1=O. The maximum Gasteiger partial charge on any atom is 0.413 e. The topological polar surface area (TPSA) is 46.6 Å². The van der Waals surface area contributed by atoms with Crippen LogP contribution in [0.1, 0.15) is 26.2 Å². The summed E-state index contributed by atoms with van der Waals surface area (Å²) in [7, 11) is 0. The number of rotatable bonds is 2. The van der Waals surface area contributed by atoms with Gasteiger partial charge in [0.25, 0.3) is 0 Å². The maximum atomic E-state index is 11.3. The number of hydrogen-bond donors (Lipinski definition) is 0. The molecule has 0 radical (unpaired) electrons. The molecule has 1 saturated carbocycles. The van der Waals surface area contributed by atoms with Gasteiger partial charge in [-0.1, -0.05) is 13.0 Å². The van der Waals surface area contributed by atoms with Gasteiger partial charge in [0.05, 0.1) is 6.54 Å². The molecule has 0 unspecified atom stereocenters. The average molecular weight is 223 g/mol. The van der Waals surface area contributed by atoms with Crippen molar-refractivity contribution in [1.29, 1.82) is 0 Å². The minimum Gasteiger partial charge on any atom is -0.447 e. The standard InChI is InChI=1S/C12H17NO3/c1-9-2-3-11(14)8-10(9)4-5-13-6-7-16-12(13)15/h4-5,9-10H,2-3,6-8H2,1H3/b5-4+/t9-,10-/m0/s1. The average Bonchev–Trinajstić information content (AvgIpc) is 2.66. The highest BCUT2D eigenvalue weighted by Gasteiger charge is 2.25. The van der Waals surface area contributed by atoms with E-state index in [1.54, 1.807) is 11.1 Å². The van der Waals surface area contributed by atoms with Gasteiger partial charge in [0.1, 0.15) is 12.4 Å². The second-order valence-electron chi connectivity index (χ2n) is 4.57. The summed E-state index contributed by atoms with van der Waals surface area (Å²) in [6, 6.07) is 0. The molecule has 2 atom stereocenters. The zero-order valence-corrected chi connectivity index (χ0v) is 9.52. The van der Waals surface area contributed by atoms with Crippen molar-refractivity contribution in [2.45, 2.75) is 26.2 Å².